The molecule has 6 nitrogen and oxygen atoms in total. The zero-order valence-electron chi connectivity index (χ0n) is 16.0. The summed E-state index contributed by atoms with van der Waals surface area (Å²) < 4.78 is 7.68. The van der Waals surface area contributed by atoms with Crippen molar-refractivity contribution in [3.05, 3.63) is 77.5 Å². The summed E-state index contributed by atoms with van der Waals surface area (Å²) in [6, 6.07) is 17.1. The van der Waals surface area contributed by atoms with Gasteiger partial charge in [-0.2, -0.15) is 0 Å². The van der Waals surface area contributed by atoms with Gasteiger partial charge in [-0.25, -0.2) is 0 Å². The first-order chi connectivity index (χ1) is 14.4. The average Bonchev–Trinajstić information content (AvgIpc) is 3.17. The van der Waals surface area contributed by atoms with E-state index < -0.39 is 5.78 Å². The van der Waals surface area contributed by atoms with Crippen molar-refractivity contribution in [2.24, 2.45) is 7.05 Å². The number of carbonyl (C=O) groups is 1. The predicted molar refractivity (Wildman–Crippen MR) is 113 cm³/mol. The lowest BCUT2D eigenvalue weighted by Crippen LogP contribution is -1.99. The molecular formula is C24H17NO5. The molecule has 0 saturated carbocycles. The Morgan fingerprint density at radius 3 is 2.53 bits per heavy atom. The molecule has 2 heterocycles. The number of Topliss-reactive ketones (excluding diaryl/α,β-unsaturated/α-hetero) is 1. The molecule has 0 fully saturated rings. The Morgan fingerprint density at radius 2 is 1.73 bits per heavy atom. The number of allylic oxidation sites excluding steroid dienone is 1. The summed E-state index contributed by atoms with van der Waals surface area (Å²) in [5.41, 5.74) is 3.31. The first-order valence-electron chi connectivity index (χ1n) is 9.31. The highest BCUT2D eigenvalue weighted by molar-refractivity contribution is 6.17. The molecule has 0 spiro atoms. The number of hydrogen-bond donors (Lipinski definition) is 3. The number of nitrogens with zero attached hydrogens (tertiary/aromatic N) is 1. The molecule has 3 N–H and O–H groups in total. The van der Waals surface area contributed by atoms with Gasteiger partial charge < -0.3 is 24.6 Å². The Kier molecular flexibility index (Phi) is 3.83. The number of phenolic OH excluding ortho intramolecular Hbond substituents is 3. The zero-order valence-corrected chi connectivity index (χ0v) is 16.0. The van der Waals surface area contributed by atoms with E-state index in [1.807, 2.05) is 41.9 Å². The summed E-state index contributed by atoms with van der Waals surface area (Å²) in [4.78, 5) is 12.9. The fraction of sp³-hybridized carbons (Fsp3) is 0.0417. The first-order valence-corrected chi connectivity index (χ1v) is 9.31. The van der Waals surface area contributed by atoms with Crippen LogP contribution in [-0.2, 0) is 7.05 Å². The van der Waals surface area contributed by atoms with Crippen LogP contribution in [0.25, 0.3) is 28.2 Å². The number of ether oxygens (including phenoxy) is 1. The molecule has 30 heavy (non-hydrogen) atoms. The van der Waals surface area contributed by atoms with Crippen molar-refractivity contribution in [1.82, 2.24) is 4.57 Å². The fourth-order valence-corrected chi connectivity index (χ4v) is 3.98. The second-order valence-electron chi connectivity index (χ2n) is 7.17. The smallest absolute Gasteiger partial charge is 0.235 e. The van der Waals surface area contributed by atoms with E-state index in [1.54, 1.807) is 24.3 Å². The number of carbonyl (C=O) groups excluding carboxylic acids is 1. The number of aromatic nitrogens is 1. The molecule has 6 heteroatoms. The number of hydrogen-bond acceptors (Lipinski definition) is 5. The standard InChI is InChI=1S/C24H17NO5/c1-25-18-8-3-2-7-16(18)17(23(25)13-5-4-6-14(26)9-13)12-21-24(29)22-19(28)10-15(27)11-20(22)30-21/h2-12,26-28H,1H3/b21-12-. The molecule has 0 atom stereocenters. The van der Waals surface area contributed by atoms with Gasteiger partial charge in [0.2, 0.25) is 5.78 Å². The molecule has 1 aliphatic rings. The van der Waals surface area contributed by atoms with Gasteiger partial charge in [0.15, 0.2) is 5.76 Å². The second-order valence-corrected chi connectivity index (χ2v) is 7.17. The topological polar surface area (TPSA) is 91.9 Å². The first kappa shape index (κ1) is 17.9. The van der Waals surface area contributed by atoms with Crippen LogP contribution in [0, 0.1) is 0 Å². The van der Waals surface area contributed by atoms with Crippen LogP contribution in [0.15, 0.2) is 66.4 Å². The van der Waals surface area contributed by atoms with Crippen LogP contribution in [0.1, 0.15) is 15.9 Å². The van der Waals surface area contributed by atoms with E-state index in [4.69, 9.17) is 4.74 Å². The molecule has 1 aliphatic heterocycles. The Balaban J connectivity index is 1.75. The Hall–Kier alpha value is -4.19. The zero-order chi connectivity index (χ0) is 21.0. The van der Waals surface area contributed by atoms with Crippen LogP contribution in [0.3, 0.4) is 0 Å². The number of aryl methyl sites for hydroxylation is 1. The summed E-state index contributed by atoms with van der Waals surface area (Å²) >= 11 is 0. The second kappa shape index (κ2) is 6.42. The Morgan fingerprint density at radius 1 is 0.933 bits per heavy atom. The van der Waals surface area contributed by atoms with Gasteiger partial charge in [0.25, 0.3) is 0 Å². The highest BCUT2D eigenvalue weighted by Crippen LogP contribution is 2.42. The molecule has 0 saturated heterocycles. The van der Waals surface area contributed by atoms with Crippen molar-refractivity contribution in [2.45, 2.75) is 0 Å². The van der Waals surface area contributed by atoms with Gasteiger partial charge in [0.05, 0.1) is 5.69 Å². The third-order valence-electron chi connectivity index (χ3n) is 5.28. The third kappa shape index (κ3) is 2.62. The molecule has 0 aliphatic carbocycles. The molecule has 148 valence electrons. The van der Waals surface area contributed by atoms with Crippen molar-refractivity contribution in [3.63, 3.8) is 0 Å². The maximum absolute atomic E-state index is 12.9. The molecule has 0 amide bonds. The summed E-state index contributed by atoms with van der Waals surface area (Å²) in [5.74, 6) is -0.684. The Labute approximate surface area is 171 Å². The number of benzene rings is 3. The maximum Gasteiger partial charge on any atom is 0.235 e. The number of rotatable bonds is 2. The van der Waals surface area contributed by atoms with Gasteiger partial charge in [0.1, 0.15) is 28.6 Å². The molecule has 0 unspecified atom stereocenters. The highest BCUT2D eigenvalue weighted by Gasteiger charge is 2.32. The summed E-state index contributed by atoms with van der Waals surface area (Å²) in [6.07, 6.45) is 1.64. The van der Waals surface area contributed by atoms with Gasteiger partial charge >= 0.3 is 0 Å². The van der Waals surface area contributed by atoms with E-state index in [-0.39, 0.29) is 34.3 Å². The van der Waals surface area contributed by atoms with E-state index in [0.29, 0.717) is 0 Å². The molecule has 1 aromatic heterocycles. The number of phenols is 3. The van der Waals surface area contributed by atoms with E-state index >= 15 is 0 Å². The number of fused-ring (bicyclic) bond motifs is 2. The third-order valence-corrected chi connectivity index (χ3v) is 5.28. The van der Waals surface area contributed by atoms with E-state index in [2.05, 4.69) is 0 Å². The summed E-state index contributed by atoms with van der Waals surface area (Å²) in [5, 5.41) is 30.7. The van der Waals surface area contributed by atoms with Crippen LogP contribution in [0.2, 0.25) is 0 Å². The van der Waals surface area contributed by atoms with Gasteiger partial charge in [0, 0.05) is 41.2 Å². The lowest BCUT2D eigenvalue weighted by atomic mass is 10.0. The normalized spacial score (nSPS) is 14.3. The molecule has 0 radical (unpaired) electrons. The number of aromatic hydroxyl groups is 3. The van der Waals surface area contributed by atoms with Crippen LogP contribution >= 0.6 is 0 Å². The summed E-state index contributed by atoms with van der Waals surface area (Å²) in [7, 11) is 1.92. The lowest BCUT2D eigenvalue weighted by Gasteiger charge is -2.07. The summed E-state index contributed by atoms with van der Waals surface area (Å²) in [6.45, 7) is 0. The molecule has 0 bridgehead atoms. The van der Waals surface area contributed by atoms with Crippen LogP contribution in [0.4, 0.5) is 0 Å². The number of para-hydroxylation sites is 1. The quantitative estimate of drug-likeness (QED) is 0.429. The van der Waals surface area contributed by atoms with Gasteiger partial charge in [-0.15, -0.1) is 0 Å². The van der Waals surface area contributed by atoms with E-state index in [0.717, 1.165) is 33.8 Å². The molecule has 3 aromatic carbocycles. The van der Waals surface area contributed by atoms with E-state index in [1.165, 1.54) is 6.07 Å². The van der Waals surface area contributed by atoms with Crippen molar-refractivity contribution in [1.29, 1.82) is 0 Å². The minimum absolute atomic E-state index is 0.0261. The maximum atomic E-state index is 12.9. The Bertz CT molecular complexity index is 1380. The van der Waals surface area contributed by atoms with Gasteiger partial charge in [-0.1, -0.05) is 30.3 Å². The van der Waals surface area contributed by atoms with Crippen molar-refractivity contribution in [2.75, 3.05) is 0 Å². The van der Waals surface area contributed by atoms with Gasteiger partial charge in [-0.05, 0) is 24.3 Å². The van der Waals surface area contributed by atoms with Crippen LogP contribution in [-0.4, -0.2) is 25.7 Å². The number of ketones is 1. The lowest BCUT2D eigenvalue weighted by molar-refractivity contribution is 0.101. The largest absolute Gasteiger partial charge is 0.508 e. The SMILES string of the molecule is Cn1c(-c2cccc(O)c2)c(/C=C2\Oc3cc(O)cc(O)c3C2=O)c2ccccc21. The van der Waals surface area contributed by atoms with Gasteiger partial charge in [-0.3, -0.25) is 4.79 Å². The van der Waals surface area contributed by atoms with Crippen LogP contribution in [0.5, 0.6) is 23.0 Å². The predicted octanol–water partition coefficient (Wildman–Crippen LogP) is 4.58. The van der Waals surface area contributed by atoms with E-state index in [9.17, 15) is 20.1 Å². The monoisotopic (exact) mass is 399 g/mol. The highest BCUT2D eigenvalue weighted by atomic mass is 16.5. The molecule has 4 aromatic rings. The minimum Gasteiger partial charge on any atom is -0.508 e. The van der Waals surface area contributed by atoms with Crippen molar-refractivity contribution in [3.8, 4) is 34.3 Å². The molecular weight excluding hydrogens is 382 g/mol. The van der Waals surface area contributed by atoms with Crippen molar-refractivity contribution < 1.29 is 24.9 Å². The van der Waals surface area contributed by atoms with Crippen molar-refractivity contribution >= 4 is 22.8 Å². The van der Waals surface area contributed by atoms with Crippen LogP contribution < -0.4 is 4.74 Å². The minimum atomic E-state index is -0.461. The fourth-order valence-electron chi connectivity index (χ4n) is 3.98. The average molecular weight is 399 g/mol. The molecule has 5 rings (SSSR count).